The molecular formula is C14H22F3N3O. The van der Waals surface area contributed by atoms with Gasteiger partial charge in [-0.3, -0.25) is 4.79 Å². The number of fused-ring (bicyclic) bond motifs is 2. The van der Waals surface area contributed by atoms with E-state index < -0.39 is 23.7 Å². The second-order valence-corrected chi connectivity index (χ2v) is 7.13. The van der Waals surface area contributed by atoms with E-state index in [9.17, 15) is 18.0 Å². The number of hydrogen-bond acceptors (Lipinski definition) is 3. The number of carbonyl (C=O) groups excluding carboxylic acids is 1. The van der Waals surface area contributed by atoms with Crippen molar-refractivity contribution in [1.29, 1.82) is 0 Å². The minimum atomic E-state index is -4.36. The third-order valence-corrected chi connectivity index (χ3v) is 5.45. The fourth-order valence-electron chi connectivity index (χ4n) is 4.49. The Kier molecular flexibility index (Phi) is 3.48. The van der Waals surface area contributed by atoms with Crippen LogP contribution in [0.1, 0.15) is 32.1 Å². The van der Waals surface area contributed by atoms with Gasteiger partial charge in [0.25, 0.3) is 0 Å². The van der Waals surface area contributed by atoms with Crippen molar-refractivity contribution in [2.45, 2.75) is 49.9 Å². The van der Waals surface area contributed by atoms with Crippen LogP contribution in [0.2, 0.25) is 0 Å². The van der Waals surface area contributed by atoms with Crippen molar-refractivity contribution in [3.63, 3.8) is 0 Å². The van der Waals surface area contributed by atoms with Gasteiger partial charge in [-0.05, 0) is 31.1 Å². The van der Waals surface area contributed by atoms with E-state index >= 15 is 0 Å². The van der Waals surface area contributed by atoms with Crippen LogP contribution in [0, 0.1) is 17.8 Å². The molecule has 3 rings (SSSR count). The van der Waals surface area contributed by atoms with Gasteiger partial charge in [0.05, 0.1) is 11.5 Å². The first-order valence-electron chi connectivity index (χ1n) is 7.59. The number of hydrogen-bond donors (Lipinski definition) is 2. The number of carbonyl (C=O) groups is 1. The van der Waals surface area contributed by atoms with Crippen molar-refractivity contribution in [2.75, 3.05) is 13.1 Å². The minimum absolute atomic E-state index is 0.0444. The number of nitrogens with zero attached hydrogens (tertiary/aromatic N) is 1. The molecule has 3 aliphatic rings. The fourth-order valence-corrected chi connectivity index (χ4v) is 4.49. The van der Waals surface area contributed by atoms with Crippen LogP contribution in [0.25, 0.3) is 0 Å². The van der Waals surface area contributed by atoms with Crippen LogP contribution in [0.15, 0.2) is 0 Å². The largest absolute Gasteiger partial charge is 0.395 e. The molecule has 2 bridgehead atoms. The first-order chi connectivity index (χ1) is 9.69. The highest BCUT2D eigenvalue weighted by molar-refractivity contribution is 5.86. The highest BCUT2D eigenvalue weighted by atomic mass is 19.4. The van der Waals surface area contributed by atoms with Crippen molar-refractivity contribution in [2.24, 2.45) is 29.2 Å². The number of nitrogens with two attached hydrogens (primary N) is 2. The molecule has 1 amide bonds. The number of likely N-dealkylation sites (tertiary alicyclic amines) is 1. The predicted octanol–water partition coefficient (Wildman–Crippen LogP) is 1.24. The third-order valence-electron chi connectivity index (χ3n) is 5.45. The molecule has 120 valence electrons. The summed E-state index contributed by atoms with van der Waals surface area (Å²) < 4.78 is 38.6. The third kappa shape index (κ3) is 2.65. The summed E-state index contributed by atoms with van der Waals surface area (Å²) in [6.45, 7) is -0.394. The maximum absolute atomic E-state index is 12.9. The standard InChI is InChI=1S/C14H22F3N3O/c15-14(16,17)10-6-20(7-11(10)18)12(21)13(19)4-8-1-2-9(3-8)5-13/h8-11H,1-7,18-19H2/t8?,9?,10-,11-,13?/m1/s1. The van der Waals surface area contributed by atoms with Gasteiger partial charge in [-0.25, -0.2) is 0 Å². The van der Waals surface area contributed by atoms with E-state index in [0.29, 0.717) is 24.7 Å². The lowest BCUT2D eigenvalue weighted by molar-refractivity contribution is -0.174. The molecule has 1 saturated heterocycles. The maximum Gasteiger partial charge on any atom is 0.395 e. The van der Waals surface area contributed by atoms with Crippen LogP contribution >= 0.6 is 0 Å². The summed E-state index contributed by atoms with van der Waals surface area (Å²) in [5, 5.41) is 0. The zero-order valence-electron chi connectivity index (χ0n) is 11.9. The van der Waals surface area contributed by atoms with Gasteiger partial charge in [-0.2, -0.15) is 13.2 Å². The number of amides is 1. The SMILES string of the molecule is N[C@@H]1CN(C(=O)C2(N)CC3CCC(C3)C2)C[C@H]1C(F)(F)F. The lowest BCUT2D eigenvalue weighted by Gasteiger charge is -2.38. The second-order valence-electron chi connectivity index (χ2n) is 7.13. The molecule has 2 unspecified atom stereocenters. The summed E-state index contributed by atoms with van der Waals surface area (Å²) in [6.07, 6.45) is 0.122. The van der Waals surface area contributed by atoms with Gasteiger partial charge in [0.2, 0.25) is 5.91 Å². The maximum atomic E-state index is 12.9. The van der Waals surface area contributed by atoms with Gasteiger partial charge < -0.3 is 16.4 Å². The normalized spacial score (nSPS) is 43.4. The molecule has 4 nitrogen and oxygen atoms in total. The van der Waals surface area contributed by atoms with Gasteiger partial charge in [-0.1, -0.05) is 12.8 Å². The summed E-state index contributed by atoms with van der Waals surface area (Å²) >= 11 is 0. The fraction of sp³-hybridized carbons (Fsp3) is 0.929. The molecule has 0 aromatic rings. The lowest BCUT2D eigenvalue weighted by Crippen LogP contribution is -2.57. The Morgan fingerprint density at radius 3 is 2.19 bits per heavy atom. The van der Waals surface area contributed by atoms with Gasteiger partial charge in [-0.15, -0.1) is 0 Å². The molecule has 0 radical (unpaired) electrons. The van der Waals surface area contributed by atoms with Crippen molar-refractivity contribution >= 4 is 5.91 Å². The average Bonchev–Trinajstić information content (AvgIpc) is 2.91. The van der Waals surface area contributed by atoms with Gasteiger partial charge in [0.1, 0.15) is 0 Å². The van der Waals surface area contributed by atoms with E-state index in [4.69, 9.17) is 11.5 Å². The van der Waals surface area contributed by atoms with Crippen LogP contribution in [0.3, 0.4) is 0 Å². The molecule has 0 aromatic heterocycles. The van der Waals surface area contributed by atoms with E-state index in [1.54, 1.807) is 0 Å². The molecule has 4 atom stereocenters. The van der Waals surface area contributed by atoms with Gasteiger partial charge in [0, 0.05) is 19.1 Å². The summed E-state index contributed by atoms with van der Waals surface area (Å²) in [5.41, 5.74) is 10.9. The van der Waals surface area contributed by atoms with E-state index in [2.05, 4.69) is 0 Å². The van der Waals surface area contributed by atoms with Crippen LogP contribution in [-0.4, -0.2) is 41.7 Å². The second kappa shape index (κ2) is 4.84. The number of alkyl halides is 3. The first-order valence-corrected chi connectivity index (χ1v) is 7.59. The van der Waals surface area contributed by atoms with Gasteiger partial charge >= 0.3 is 6.18 Å². The quantitative estimate of drug-likeness (QED) is 0.765. The molecule has 4 N–H and O–H groups in total. The summed E-state index contributed by atoms with van der Waals surface area (Å²) in [5.74, 6) is -1.06. The zero-order chi connectivity index (χ0) is 15.4. The molecule has 2 saturated carbocycles. The Bertz CT molecular complexity index is 428. The molecule has 1 heterocycles. The van der Waals surface area contributed by atoms with Crippen molar-refractivity contribution < 1.29 is 18.0 Å². The highest BCUT2D eigenvalue weighted by Crippen LogP contribution is 2.46. The number of rotatable bonds is 1. The van der Waals surface area contributed by atoms with Crippen LogP contribution in [0.5, 0.6) is 0 Å². The molecule has 0 spiro atoms. The van der Waals surface area contributed by atoms with Crippen LogP contribution in [0.4, 0.5) is 13.2 Å². The molecule has 0 aromatic carbocycles. The summed E-state index contributed by atoms with van der Waals surface area (Å²) in [4.78, 5) is 13.9. The van der Waals surface area contributed by atoms with Gasteiger partial charge in [0.15, 0.2) is 0 Å². The Hall–Kier alpha value is -0.820. The minimum Gasteiger partial charge on any atom is -0.339 e. The monoisotopic (exact) mass is 305 g/mol. The molecule has 7 heteroatoms. The van der Waals surface area contributed by atoms with E-state index in [-0.39, 0.29) is 19.0 Å². The highest BCUT2D eigenvalue weighted by Gasteiger charge is 2.53. The summed E-state index contributed by atoms with van der Waals surface area (Å²) in [6, 6.07) is -1.04. The Morgan fingerprint density at radius 2 is 1.71 bits per heavy atom. The molecular weight excluding hydrogens is 283 g/mol. The van der Waals surface area contributed by atoms with E-state index in [1.807, 2.05) is 0 Å². The Morgan fingerprint density at radius 1 is 1.14 bits per heavy atom. The molecule has 1 aliphatic heterocycles. The van der Waals surface area contributed by atoms with E-state index in [1.165, 1.54) is 4.90 Å². The first kappa shape index (κ1) is 15.1. The zero-order valence-corrected chi connectivity index (χ0v) is 11.9. The van der Waals surface area contributed by atoms with Crippen LogP contribution in [-0.2, 0) is 4.79 Å². The predicted molar refractivity (Wildman–Crippen MR) is 71.1 cm³/mol. The Labute approximate surface area is 122 Å². The topological polar surface area (TPSA) is 72.3 Å². The molecule has 2 aliphatic carbocycles. The van der Waals surface area contributed by atoms with E-state index in [0.717, 1.165) is 19.3 Å². The smallest absolute Gasteiger partial charge is 0.339 e. The Balaban J connectivity index is 1.71. The van der Waals surface area contributed by atoms with Crippen molar-refractivity contribution in [1.82, 2.24) is 4.90 Å². The molecule has 21 heavy (non-hydrogen) atoms. The average molecular weight is 305 g/mol. The van der Waals surface area contributed by atoms with Crippen molar-refractivity contribution in [3.05, 3.63) is 0 Å². The summed E-state index contributed by atoms with van der Waals surface area (Å²) in [7, 11) is 0. The van der Waals surface area contributed by atoms with Crippen molar-refractivity contribution in [3.8, 4) is 0 Å². The number of halogens is 3. The van der Waals surface area contributed by atoms with Crippen LogP contribution < -0.4 is 11.5 Å². The lowest BCUT2D eigenvalue weighted by atomic mass is 9.75. The molecule has 3 fully saturated rings.